The Morgan fingerprint density at radius 3 is 2.61 bits per heavy atom. The maximum absolute atomic E-state index is 13.6. The van der Waals surface area contributed by atoms with Gasteiger partial charge in [-0.25, -0.2) is 13.9 Å². The molecule has 11 heteroatoms. The molecule has 0 bridgehead atoms. The Bertz CT molecular complexity index is 1690. The molecule has 1 aliphatic heterocycles. The van der Waals surface area contributed by atoms with Crippen LogP contribution in [0.1, 0.15) is 24.3 Å². The average molecular weight is 577 g/mol. The number of hydrogen-bond acceptors (Lipinski definition) is 5. The lowest BCUT2D eigenvalue weighted by Crippen LogP contribution is -2.32. The van der Waals surface area contributed by atoms with Gasteiger partial charge in [-0.3, -0.25) is 9.78 Å². The van der Waals surface area contributed by atoms with E-state index in [0.29, 0.717) is 35.4 Å². The van der Waals surface area contributed by atoms with E-state index in [1.165, 1.54) is 6.07 Å². The lowest BCUT2D eigenvalue weighted by Gasteiger charge is -2.23. The summed E-state index contributed by atoms with van der Waals surface area (Å²) in [6, 6.07) is 16.2. The fourth-order valence-electron chi connectivity index (χ4n) is 4.64. The predicted octanol–water partition coefficient (Wildman–Crippen LogP) is 4.49. The highest BCUT2D eigenvalue weighted by Crippen LogP contribution is 2.37. The van der Waals surface area contributed by atoms with Crippen LogP contribution in [0.2, 0.25) is 0 Å². The van der Waals surface area contributed by atoms with Crippen LogP contribution in [0.25, 0.3) is 28.1 Å². The number of amides is 1. The SMILES string of the molecule is C[C@@H]1O[C@@H](c2cn(-c3ccc(Br)cc3)nc2-c2ccc(F)cn2)N(CCc2ccc3[nH]c(=O)[nH]c3c2)C1=O. The molecule has 6 rings (SSSR count). The first-order valence-corrected chi connectivity index (χ1v) is 12.8. The molecule has 5 aromatic rings. The number of aromatic amines is 2. The van der Waals surface area contributed by atoms with E-state index >= 15 is 0 Å². The number of nitrogens with one attached hydrogen (secondary N) is 2. The summed E-state index contributed by atoms with van der Waals surface area (Å²) in [4.78, 5) is 36.2. The largest absolute Gasteiger partial charge is 0.341 e. The summed E-state index contributed by atoms with van der Waals surface area (Å²) < 4.78 is 22.4. The molecule has 4 heterocycles. The summed E-state index contributed by atoms with van der Waals surface area (Å²) in [6.45, 7) is 2.11. The monoisotopic (exact) mass is 576 g/mol. The fourth-order valence-corrected chi connectivity index (χ4v) is 4.90. The van der Waals surface area contributed by atoms with Gasteiger partial charge in [0.05, 0.1) is 28.6 Å². The van der Waals surface area contributed by atoms with E-state index < -0.39 is 18.1 Å². The molecule has 2 N–H and O–H groups in total. The molecule has 0 saturated carbocycles. The van der Waals surface area contributed by atoms with Crippen LogP contribution in [-0.2, 0) is 16.0 Å². The van der Waals surface area contributed by atoms with Gasteiger partial charge in [0.2, 0.25) is 0 Å². The number of fused-ring (bicyclic) bond motifs is 1. The predicted molar refractivity (Wildman–Crippen MR) is 142 cm³/mol. The van der Waals surface area contributed by atoms with E-state index in [4.69, 9.17) is 9.84 Å². The second-order valence-electron chi connectivity index (χ2n) is 9.09. The number of pyridine rings is 1. The quantitative estimate of drug-likeness (QED) is 0.309. The van der Waals surface area contributed by atoms with Gasteiger partial charge in [0.1, 0.15) is 17.6 Å². The molecular weight excluding hydrogens is 555 g/mol. The summed E-state index contributed by atoms with van der Waals surface area (Å²) in [5.41, 5.74) is 4.55. The van der Waals surface area contributed by atoms with Gasteiger partial charge in [0, 0.05) is 22.8 Å². The van der Waals surface area contributed by atoms with E-state index in [1.54, 1.807) is 22.6 Å². The number of H-pyrrole nitrogens is 2. The van der Waals surface area contributed by atoms with Crippen LogP contribution < -0.4 is 5.69 Å². The third kappa shape index (κ3) is 4.54. The first kappa shape index (κ1) is 24.3. The number of carbonyl (C=O) groups is 1. The Labute approximate surface area is 224 Å². The molecule has 0 unspecified atom stereocenters. The molecule has 1 fully saturated rings. The second kappa shape index (κ2) is 9.66. The Morgan fingerprint density at radius 1 is 1.05 bits per heavy atom. The number of aromatic nitrogens is 5. The summed E-state index contributed by atoms with van der Waals surface area (Å²) in [5.74, 6) is -0.591. The Balaban J connectivity index is 1.36. The van der Waals surface area contributed by atoms with Crippen LogP contribution in [0.15, 0.2) is 76.3 Å². The molecular formula is C27H22BrFN6O3. The first-order valence-electron chi connectivity index (χ1n) is 12.0. The van der Waals surface area contributed by atoms with Crippen LogP contribution in [0.4, 0.5) is 4.39 Å². The van der Waals surface area contributed by atoms with Gasteiger partial charge in [-0.2, -0.15) is 5.10 Å². The van der Waals surface area contributed by atoms with Gasteiger partial charge in [0.25, 0.3) is 5.91 Å². The van der Waals surface area contributed by atoms with Crippen molar-refractivity contribution in [2.75, 3.05) is 6.54 Å². The van der Waals surface area contributed by atoms with E-state index in [1.807, 2.05) is 48.7 Å². The van der Waals surface area contributed by atoms with Gasteiger partial charge in [0.15, 0.2) is 6.23 Å². The Kier molecular flexibility index (Phi) is 6.16. The number of ether oxygens (including phenoxy) is 1. The number of nitrogens with zero attached hydrogens (tertiary/aromatic N) is 4. The lowest BCUT2D eigenvalue weighted by molar-refractivity contribution is -0.130. The number of imidazole rings is 1. The molecule has 0 radical (unpaired) electrons. The van der Waals surface area contributed by atoms with Gasteiger partial charge in [-0.05, 0) is 67.4 Å². The van der Waals surface area contributed by atoms with Crippen LogP contribution in [0.5, 0.6) is 0 Å². The van der Waals surface area contributed by atoms with Gasteiger partial charge < -0.3 is 19.6 Å². The van der Waals surface area contributed by atoms with Crippen molar-refractivity contribution in [3.05, 3.63) is 98.9 Å². The number of rotatable bonds is 6. The molecule has 192 valence electrons. The minimum absolute atomic E-state index is 0.138. The van der Waals surface area contributed by atoms with Crippen molar-refractivity contribution in [2.45, 2.75) is 25.7 Å². The average Bonchev–Trinajstić information content (AvgIpc) is 3.58. The van der Waals surface area contributed by atoms with Crippen molar-refractivity contribution in [3.63, 3.8) is 0 Å². The maximum Gasteiger partial charge on any atom is 0.323 e. The zero-order valence-corrected chi connectivity index (χ0v) is 21.8. The van der Waals surface area contributed by atoms with E-state index in [9.17, 15) is 14.0 Å². The molecule has 1 saturated heterocycles. The number of carbonyl (C=O) groups excluding carboxylic acids is 1. The topological polar surface area (TPSA) is 109 Å². The molecule has 2 aromatic carbocycles. The normalized spacial score (nSPS) is 17.6. The highest BCUT2D eigenvalue weighted by atomic mass is 79.9. The first-order chi connectivity index (χ1) is 18.4. The summed E-state index contributed by atoms with van der Waals surface area (Å²) in [6.07, 6.45) is 2.16. The third-order valence-electron chi connectivity index (χ3n) is 6.54. The number of halogens is 2. The van der Waals surface area contributed by atoms with Crippen LogP contribution in [-0.4, -0.2) is 48.2 Å². The van der Waals surface area contributed by atoms with Crippen LogP contribution >= 0.6 is 15.9 Å². The summed E-state index contributed by atoms with van der Waals surface area (Å²) in [7, 11) is 0. The standard InChI is InChI=1S/C27H22BrFN6O3/c1-15-25(36)34(11-10-16-2-8-21-23(12-16)32-27(37)31-21)26(38-15)20-14-35(19-6-3-17(28)4-7-19)33-24(20)22-9-5-18(29)13-30-22/h2-9,12-15,26H,10-11H2,1H3,(H2,31,32,37)/t15-,26-/m0/s1. The highest BCUT2D eigenvalue weighted by molar-refractivity contribution is 9.10. The van der Waals surface area contributed by atoms with Crippen molar-refractivity contribution in [3.8, 4) is 17.1 Å². The summed E-state index contributed by atoms with van der Waals surface area (Å²) in [5, 5.41) is 4.76. The lowest BCUT2D eigenvalue weighted by atomic mass is 10.1. The summed E-state index contributed by atoms with van der Waals surface area (Å²) >= 11 is 3.45. The van der Waals surface area contributed by atoms with Crippen LogP contribution in [0, 0.1) is 5.82 Å². The fraction of sp³-hybridized carbons (Fsp3) is 0.185. The molecule has 0 spiro atoms. The van der Waals surface area contributed by atoms with Crippen LogP contribution in [0.3, 0.4) is 0 Å². The van der Waals surface area contributed by atoms with Gasteiger partial charge in [-0.1, -0.05) is 22.0 Å². The molecule has 1 aliphatic rings. The third-order valence-corrected chi connectivity index (χ3v) is 7.07. The molecule has 0 aliphatic carbocycles. The molecule has 3 aromatic heterocycles. The van der Waals surface area contributed by atoms with Gasteiger partial charge in [-0.15, -0.1) is 0 Å². The second-order valence-corrected chi connectivity index (χ2v) is 10.0. The van der Waals surface area contributed by atoms with Crippen molar-refractivity contribution >= 4 is 32.9 Å². The van der Waals surface area contributed by atoms with Crippen molar-refractivity contribution in [1.82, 2.24) is 29.6 Å². The molecule has 9 nitrogen and oxygen atoms in total. The smallest absolute Gasteiger partial charge is 0.323 e. The van der Waals surface area contributed by atoms with Gasteiger partial charge >= 0.3 is 5.69 Å². The highest BCUT2D eigenvalue weighted by Gasteiger charge is 2.40. The van der Waals surface area contributed by atoms with E-state index in [-0.39, 0.29) is 11.6 Å². The van der Waals surface area contributed by atoms with E-state index in [2.05, 4.69) is 30.9 Å². The van der Waals surface area contributed by atoms with E-state index in [0.717, 1.165) is 27.4 Å². The van der Waals surface area contributed by atoms with Crippen molar-refractivity contribution in [1.29, 1.82) is 0 Å². The number of benzene rings is 2. The molecule has 2 atom stereocenters. The Morgan fingerprint density at radius 2 is 1.84 bits per heavy atom. The minimum atomic E-state index is -0.709. The Hall–Kier alpha value is -4.09. The van der Waals surface area contributed by atoms with Crippen molar-refractivity contribution < 1.29 is 13.9 Å². The molecule has 38 heavy (non-hydrogen) atoms. The maximum atomic E-state index is 13.6. The van der Waals surface area contributed by atoms with Crippen molar-refractivity contribution in [2.24, 2.45) is 0 Å². The zero-order valence-electron chi connectivity index (χ0n) is 20.2. The minimum Gasteiger partial charge on any atom is -0.341 e. The zero-order chi connectivity index (χ0) is 26.4. The number of hydrogen-bond donors (Lipinski definition) is 2. The molecule has 1 amide bonds.